The maximum Gasteiger partial charge on any atom is 0.289 e. The number of aliphatic hydroxyl groups excluding tert-OH is 1. The zero-order valence-corrected chi connectivity index (χ0v) is 6.74. The molecule has 0 amide bonds. The lowest BCUT2D eigenvalue weighted by Gasteiger charge is -2.08. The summed E-state index contributed by atoms with van der Waals surface area (Å²) in [6.45, 7) is -2.25. The Hall–Kier alpha value is -1.44. The summed E-state index contributed by atoms with van der Waals surface area (Å²) in [5.74, 6) is -4.12. The lowest BCUT2D eigenvalue weighted by molar-refractivity contribution is -0.0404. The van der Waals surface area contributed by atoms with Crippen LogP contribution in [-0.2, 0) is 0 Å². The zero-order valence-electron chi connectivity index (χ0n) is 6.74. The standard InChI is InChI=1S/C5H11F2N5O/c6-5(7,2-13)1-11-4(10)12-3(8)9/h13H,1-2H2,(H6,8,9,10,11,12). The molecule has 0 aromatic heterocycles. The van der Waals surface area contributed by atoms with Crippen LogP contribution < -0.4 is 17.2 Å². The van der Waals surface area contributed by atoms with Gasteiger partial charge in [-0.25, -0.2) is 13.8 Å². The monoisotopic (exact) mass is 195 g/mol. The van der Waals surface area contributed by atoms with Crippen LogP contribution in [-0.4, -0.2) is 36.1 Å². The van der Waals surface area contributed by atoms with Gasteiger partial charge in [-0.2, -0.15) is 4.99 Å². The largest absolute Gasteiger partial charge is 0.390 e. The number of aliphatic hydroxyl groups is 1. The van der Waals surface area contributed by atoms with Gasteiger partial charge < -0.3 is 22.3 Å². The molecule has 0 atom stereocenters. The van der Waals surface area contributed by atoms with Crippen LogP contribution in [0.25, 0.3) is 0 Å². The van der Waals surface area contributed by atoms with Gasteiger partial charge in [0.2, 0.25) is 5.96 Å². The fraction of sp³-hybridized carbons (Fsp3) is 0.600. The summed E-state index contributed by atoms with van der Waals surface area (Å²) in [4.78, 5) is 6.34. The first kappa shape index (κ1) is 11.6. The fourth-order valence-electron chi connectivity index (χ4n) is 0.414. The molecule has 8 heteroatoms. The highest BCUT2D eigenvalue weighted by molar-refractivity contribution is 5.92. The third-order valence-electron chi connectivity index (χ3n) is 0.947. The van der Waals surface area contributed by atoms with Gasteiger partial charge >= 0.3 is 0 Å². The van der Waals surface area contributed by atoms with Crippen molar-refractivity contribution in [2.24, 2.45) is 27.2 Å². The van der Waals surface area contributed by atoms with Gasteiger partial charge in [-0.05, 0) is 0 Å². The number of aliphatic imine (C=N–C) groups is 2. The average Bonchev–Trinajstić information content (AvgIpc) is 2.00. The van der Waals surface area contributed by atoms with Crippen molar-refractivity contribution in [3.8, 4) is 0 Å². The Labute approximate surface area is 73.1 Å². The summed E-state index contributed by atoms with van der Waals surface area (Å²) in [6.07, 6.45) is 0. The molecule has 0 saturated heterocycles. The van der Waals surface area contributed by atoms with Gasteiger partial charge in [-0.15, -0.1) is 0 Å². The Kier molecular flexibility index (Phi) is 4.05. The first-order valence-electron chi connectivity index (χ1n) is 3.25. The van der Waals surface area contributed by atoms with Crippen LogP contribution in [0.5, 0.6) is 0 Å². The van der Waals surface area contributed by atoms with Gasteiger partial charge in [0, 0.05) is 0 Å². The molecule has 0 spiro atoms. The van der Waals surface area contributed by atoms with Crippen LogP contribution in [0, 0.1) is 0 Å². The maximum atomic E-state index is 12.3. The van der Waals surface area contributed by atoms with E-state index in [2.05, 4.69) is 9.98 Å². The quantitative estimate of drug-likeness (QED) is 0.313. The molecule has 76 valence electrons. The second-order valence-corrected chi connectivity index (χ2v) is 2.23. The molecule has 0 heterocycles. The number of guanidine groups is 2. The molecule has 0 aliphatic rings. The maximum absolute atomic E-state index is 12.3. The number of nitrogens with two attached hydrogens (primary N) is 3. The van der Waals surface area contributed by atoms with Gasteiger partial charge in [0.05, 0.1) is 0 Å². The first-order chi connectivity index (χ1) is 5.87. The van der Waals surface area contributed by atoms with Crippen molar-refractivity contribution in [3.63, 3.8) is 0 Å². The molecule has 0 aromatic rings. The molecular formula is C5H11F2N5O. The van der Waals surface area contributed by atoms with E-state index < -0.39 is 25.0 Å². The van der Waals surface area contributed by atoms with Crippen LogP contribution in [0.1, 0.15) is 0 Å². The normalized spacial score (nSPS) is 12.7. The molecule has 13 heavy (non-hydrogen) atoms. The Morgan fingerprint density at radius 2 is 1.85 bits per heavy atom. The minimum Gasteiger partial charge on any atom is -0.390 e. The summed E-state index contributed by atoms with van der Waals surface area (Å²) in [6, 6.07) is 0. The molecule has 0 radical (unpaired) electrons. The lowest BCUT2D eigenvalue weighted by atomic mass is 10.4. The third-order valence-corrected chi connectivity index (χ3v) is 0.947. The zero-order chi connectivity index (χ0) is 10.5. The van der Waals surface area contributed by atoms with Crippen molar-refractivity contribution in [3.05, 3.63) is 0 Å². The summed E-state index contributed by atoms with van der Waals surface area (Å²) >= 11 is 0. The van der Waals surface area contributed by atoms with E-state index in [1.165, 1.54) is 0 Å². The summed E-state index contributed by atoms with van der Waals surface area (Å²) in [5, 5.41) is 8.14. The highest BCUT2D eigenvalue weighted by atomic mass is 19.3. The number of hydrogen-bond donors (Lipinski definition) is 4. The highest BCUT2D eigenvalue weighted by Crippen LogP contribution is 2.11. The van der Waals surface area contributed by atoms with E-state index in [1.54, 1.807) is 0 Å². The molecule has 0 unspecified atom stereocenters. The van der Waals surface area contributed by atoms with E-state index in [9.17, 15) is 8.78 Å². The molecule has 0 saturated carbocycles. The number of hydrogen-bond acceptors (Lipinski definition) is 2. The van der Waals surface area contributed by atoms with Gasteiger partial charge in [0.1, 0.15) is 13.2 Å². The van der Waals surface area contributed by atoms with Gasteiger partial charge in [0.25, 0.3) is 5.92 Å². The number of halogens is 2. The van der Waals surface area contributed by atoms with Crippen molar-refractivity contribution in [1.82, 2.24) is 0 Å². The van der Waals surface area contributed by atoms with Crippen molar-refractivity contribution >= 4 is 11.9 Å². The Bertz CT molecular complexity index is 223. The number of rotatable bonds is 3. The van der Waals surface area contributed by atoms with Crippen LogP contribution in [0.4, 0.5) is 8.78 Å². The summed E-state index contributed by atoms with van der Waals surface area (Å²) in [7, 11) is 0. The van der Waals surface area contributed by atoms with E-state index in [4.69, 9.17) is 22.3 Å². The smallest absolute Gasteiger partial charge is 0.289 e. The molecule has 7 N–H and O–H groups in total. The van der Waals surface area contributed by atoms with Crippen LogP contribution in [0.2, 0.25) is 0 Å². The topological polar surface area (TPSA) is 123 Å². The van der Waals surface area contributed by atoms with E-state index in [-0.39, 0.29) is 5.96 Å². The van der Waals surface area contributed by atoms with Crippen molar-refractivity contribution in [1.29, 1.82) is 0 Å². The van der Waals surface area contributed by atoms with E-state index >= 15 is 0 Å². The Morgan fingerprint density at radius 3 is 2.23 bits per heavy atom. The van der Waals surface area contributed by atoms with E-state index in [0.717, 1.165) is 0 Å². The SMILES string of the molecule is NC(N)=NC(N)=NCC(F)(F)CO. The number of alkyl halides is 2. The molecule has 0 fully saturated rings. The minimum absolute atomic E-state index is 0.367. The van der Waals surface area contributed by atoms with Gasteiger partial charge in [-0.3, -0.25) is 0 Å². The molecule has 0 rings (SSSR count). The molecule has 0 bridgehead atoms. The summed E-state index contributed by atoms with van der Waals surface area (Å²) in [5.41, 5.74) is 14.8. The molecule has 0 aliphatic carbocycles. The lowest BCUT2D eigenvalue weighted by Crippen LogP contribution is -2.29. The van der Waals surface area contributed by atoms with Crippen molar-refractivity contribution in [2.75, 3.05) is 13.2 Å². The van der Waals surface area contributed by atoms with Crippen LogP contribution in [0.3, 0.4) is 0 Å². The second-order valence-electron chi connectivity index (χ2n) is 2.23. The molecule has 0 aliphatic heterocycles. The predicted octanol–water partition coefficient (Wildman–Crippen LogP) is -1.80. The highest BCUT2D eigenvalue weighted by Gasteiger charge is 2.27. The first-order valence-corrected chi connectivity index (χ1v) is 3.25. The van der Waals surface area contributed by atoms with E-state index in [1.807, 2.05) is 0 Å². The van der Waals surface area contributed by atoms with Crippen LogP contribution in [0.15, 0.2) is 9.98 Å². The molecule has 0 aromatic carbocycles. The minimum atomic E-state index is -3.30. The average molecular weight is 195 g/mol. The van der Waals surface area contributed by atoms with Crippen molar-refractivity contribution < 1.29 is 13.9 Å². The Morgan fingerprint density at radius 1 is 1.31 bits per heavy atom. The summed E-state index contributed by atoms with van der Waals surface area (Å²) < 4.78 is 24.7. The number of nitrogens with zero attached hydrogens (tertiary/aromatic N) is 2. The van der Waals surface area contributed by atoms with Crippen LogP contribution >= 0.6 is 0 Å². The van der Waals surface area contributed by atoms with Gasteiger partial charge in [0.15, 0.2) is 5.96 Å². The van der Waals surface area contributed by atoms with Gasteiger partial charge in [-0.1, -0.05) is 0 Å². The Balaban J connectivity index is 4.20. The fourth-order valence-corrected chi connectivity index (χ4v) is 0.414. The second kappa shape index (κ2) is 4.55. The molecule has 6 nitrogen and oxygen atoms in total. The third kappa shape index (κ3) is 5.79. The van der Waals surface area contributed by atoms with E-state index in [0.29, 0.717) is 0 Å². The van der Waals surface area contributed by atoms with Crippen molar-refractivity contribution in [2.45, 2.75) is 5.92 Å². The predicted molar refractivity (Wildman–Crippen MR) is 44.3 cm³/mol. The molecular weight excluding hydrogens is 184 g/mol.